The van der Waals surface area contributed by atoms with Gasteiger partial charge < -0.3 is 4.74 Å². The van der Waals surface area contributed by atoms with E-state index in [4.69, 9.17) is 4.74 Å². The van der Waals surface area contributed by atoms with Crippen LogP contribution in [0.3, 0.4) is 0 Å². The minimum absolute atomic E-state index is 0.828. The van der Waals surface area contributed by atoms with Gasteiger partial charge in [0.2, 0.25) is 0 Å². The van der Waals surface area contributed by atoms with Gasteiger partial charge in [-0.3, -0.25) is 9.88 Å². The van der Waals surface area contributed by atoms with Gasteiger partial charge >= 0.3 is 0 Å². The Morgan fingerprint density at radius 1 is 0.857 bits per heavy atom. The molecule has 1 saturated heterocycles. The number of hydrogen-bond acceptors (Lipinski definition) is 5. The first-order valence-electron chi connectivity index (χ1n) is 9.50. The number of hydrogen-bond donors (Lipinski definition) is 0. The van der Waals surface area contributed by atoms with Crippen molar-refractivity contribution in [3.63, 3.8) is 0 Å². The standard InChI is InChI=1S/C22H21N5O/c1-3-18(4-2-17(1)15-26-9-11-28-12-10-26)20-13-24-22-21(14-25-27(22)16-20)19-5-7-23-8-6-19/h1-8,13-14,16H,9-12,15H2. The second-order valence-corrected chi connectivity index (χ2v) is 6.99. The van der Waals surface area contributed by atoms with Crippen molar-refractivity contribution in [1.29, 1.82) is 0 Å². The molecule has 0 atom stereocenters. The van der Waals surface area contributed by atoms with E-state index in [1.165, 1.54) is 5.56 Å². The fraction of sp³-hybridized carbons (Fsp3) is 0.227. The molecule has 0 N–H and O–H groups in total. The molecule has 1 fully saturated rings. The van der Waals surface area contributed by atoms with Crippen molar-refractivity contribution >= 4 is 5.65 Å². The van der Waals surface area contributed by atoms with Gasteiger partial charge in [0, 0.05) is 55.5 Å². The maximum absolute atomic E-state index is 5.42. The molecule has 5 rings (SSSR count). The number of rotatable bonds is 4. The molecule has 6 heteroatoms. The fourth-order valence-electron chi connectivity index (χ4n) is 3.58. The lowest BCUT2D eigenvalue weighted by Gasteiger charge is -2.26. The molecule has 0 radical (unpaired) electrons. The van der Waals surface area contributed by atoms with E-state index in [9.17, 15) is 0 Å². The Kier molecular flexibility index (Phi) is 4.56. The highest BCUT2D eigenvalue weighted by atomic mass is 16.5. The molecule has 1 aliphatic rings. The Labute approximate surface area is 163 Å². The van der Waals surface area contributed by atoms with Crippen LogP contribution in [0.1, 0.15) is 5.56 Å². The Hall–Kier alpha value is -3.09. The third kappa shape index (κ3) is 3.40. The molecule has 1 aromatic carbocycles. The van der Waals surface area contributed by atoms with Gasteiger partial charge in [-0.25, -0.2) is 9.50 Å². The molecule has 0 bridgehead atoms. The van der Waals surface area contributed by atoms with Gasteiger partial charge in [0.15, 0.2) is 5.65 Å². The Morgan fingerprint density at radius 2 is 1.64 bits per heavy atom. The summed E-state index contributed by atoms with van der Waals surface area (Å²) >= 11 is 0. The number of ether oxygens (including phenoxy) is 1. The summed E-state index contributed by atoms with van der Waals surface area (Å²) in [4.78, 5) is 11.2. The zero-order chi connectivity index (χ0) is 18.8. The first kappa shape index (κ1) is 17.0. The molecule has 3 aromatic heterocycles. The van der Waals surface area contributed by atoms with E-state index < -0.39 is 0 Å². The van der Waals surface area contributed by atoms with Crippen LogP contribution in [0.15, 0.2) is 67.4 Å². The average Bonchev–Trinajstić information content (AvgIpc) is 3.19. The lowest BCUT2D eigenvalue weighted by Crippen LogP contribution is -2.35. The maximum atomic E-state index is 5.42. The van der Waals surface area contributed by atoms with E-state index in [0.717, 1.165) is 60.7 Å². The third-order valence-corrected chi connectivity index (χ3v) is 5.14. The third-order valence-electron chi connectivity index (χ3n) is 5.14. The summed E-state index contributed by atoms with van der Waals surface area (Å²) < 4.78 is 7.26. The predicted molar refractivity (Wildman–Crippen MR) is 108 cm³/mol. The second kappa shape index (κ2) is 7.50. The number of morpholine rings is 1. The highest BCUT2D eigenvalue weighted by molar-refractivity contribution is 5.77. The van der Waals surface area contributed by atoms with Gasteiger partial charge in [0.25, 0.3) is 0 Å². The van der Waals surface area contributed by atoms with E-state index in [1.807, 2.05) is 35.2 Å². The fourth-order valence-corrected chi connectivity index (χ4v) is 3.58. The summed E-state index contributed by atoms with van der Waals surface area (Å²) in [6.07, 6.45) is 9.37. The van der Waals surface area contributed by atoms with Gasteiger partial charge in [0.05, 0.1) is 19.4 Å². The molecule has 1 aliphatic heterocycles. The number of benzene rings is 1. The smallest absolute Gasteiger partial charge is 0.162 e. The number of nitrogens with zero attached hydrogens (tertiary/aromatic N) is 5. The summed E-state index contributed by atoms with van der Waals surface area (Å²) in [6.45, 7) is 4.63. The minimum atomic E-state index is 0.828. The molecular weight excluding hydrogens is 350 g/mol. The molecular formula is C22H21N5O. The molecule has 140 valence electrons. The highest BCUT2D eigenvalue weighted by Gasteiger charge is 2.12. The topological polar surface area (TPSA) is 55.5 Å². The number of pyridine rings is 1. The van der Waals surface area contributed by atoms with Crippen LogP contribution in [0.2, 0.25) is 0 Å². The molecule has 0 aliphatic carbocycles. The minimum Gasteiger partial charge on any atom is -0.379 e. The lowest BCUT2D eigenvalue weighted by atomic mass is 10.1. The summed E-state index contributed by atoms with van der Waals surface area (Å²) in [5, 5.41) is 4.49. The van der Waals surface area contributed by atoms with Crippen molar-refractivity contribution in [3.05, 3.63) is 72.9 Å². The Bertz CT molecular complexity index is 1070. The monoisotopic (exact) mass is 371 g/mol. The SMILES string of the molecule is c1cc(-c2cnn3cc(-c4ccc(CN5CCOCC5)cc4)cnc23)ccn1. The largest absolute Gasteiger partial charge is 0.379 e. The predicted octanol–water partition coefficient (Wildman–Crippen LogP) is 3.29. The summed E-state index contributed by atoms with van der Waals surface area (Å²) in [5.74, 6) is 0. The van der Waals surface area contributed by atoms with Gasteiger partial charge in [0.1, 0.15) is 0 Å². The van der Waals surface area contributed by atoms with Gasteiger partial charge in [-0.2, -0.15) is 5.10 Å². The van der Waals surface area contributed by atoms with Crippen LogP contribution in [-0.4, -0.2) is 50.8 Å². The van der Waals surface area contributed by atoms with Crippen LogP contribution in [-0.2, 0) is 11.3 Å². The van der Waals surface area contributed by atoms with Crippen LogP contribution in [0.25, 0.3) is 27.9 Å². The van der Waals surface area contributed by atoms with Gasteiger partial charge in [-0.15, -0.1) is 0 Å². The van der Waals surface area contributed by atoms with Gasteiger partial charge in [-0.05, 0) is 28.8 Å². The van der Waals surface area contributed by atoms with Crippen LogP contribution in [0.5, 0.6) is 0 Å². The van der Waals surface area contributed by atoms with Crippen LogP contribution < -0.4 is 0 Å². The number of aromatic nitrogens is 4. The zero-order valence-corrected chi connectivity index (χ0v) is 15.5. The molecule has 0 saturated carbocycles. The van der Waals surface area contributed by atoms with Crippen molar-refractivity contribution < 1.29 is 4.74 Å². The molecule has 0 spiro atoms. The first-order valence-corrected chi connectivity index (χ1v) is 9.50. The van der Waals surface area contributed by atoms with Crippen LogP contribution in [0.4, 0.5) is 0 Å². The van der Waals surface area contributed by atoms with E-state index in [2.05, 4.69) is 44.2 Å². The second-order valence-electron chi connectivity index (χ2n) is 6.99. The van der Waals surface area contributed by atoms with E-state index in [-0.39, 0.29) is 0 Å². The molecule has 0 unspecified atom stereocenters. The maximum Gasteiger partial charge on any atom is 0.162 e. The summed E-state index contributed by atoms with van der Waals surface area (Å²) in [7, 11) is 0. The van der Waals surface area contributed by atoms with Crippen molar-refractivity contribution in [2.24, 2.45) is 0 Å². The van der Waals surface area contributed by atoms with Gasteiger partial charge in [-0.1, -0.05) is 24.3 Å². The first-order chi connectivity index (χ1) is 13.9. The summed E-state index contributed by atoms with van der Waals surface area (Å²) in [6, 6.07) is 12.7. The quantitative estimate of drug-likeness (QED) is 0.551. The van der Waals surface area contributed by atoms with E-state index >= 15 is 0 Å². The van der Waals surface area contributed by atoms with Crippen LogP contribution >= 0.6 is 0 Å². The van der Waals surface area contributed by atoms with E-state index in [1.54, 1.807) is 12.4 Å². The molecule has 0 amide bonds. The van der Waals surface area contributed by atoms with Crippen molar-refractivity contribution in [2.75, 3.05) is 26.3 Å². The van der Waals surface area contributed by atoms with Crippen LogP contribution in [0, 0.1) is 0 Å². The molecule has 4 aromatic rings. The van der Waals surface area contributed by atoms with Crippen molar-refractivity contribution in [2.45, 2.75) is 6.54 Å². The Balaban J connectivity index is 1.38. The lowest BCUT2D eigenvalue weighted by molar-refractivity contribution is 0.0342. The summed E-state index contributed by atoms with van der Waals surface area (Å²) in [5.41, 5.74) is 6.43. The average molecular weight is 371 g/mol. The normalized spacial score (nSPS) is 15.1. The molecule has 4 heterocycles. The highest BCUT2D eigenvalue weighted by Crippen LogP contribution is 2.25. The van der Waals surface area contributed by atoms with Crippen molar-refractivity contribution in [1.82, 2.24) is 24.5 Å². The Morgan fingerprint density at radius 3 is 2.43 bits per heavy atom. The zero-order valence-electron chi connectivity index (χ0n) is 15.5. The number of fused-ring (bicyclic) bond motifs is 1. The molecule has 28 heavy (non-hydrogen) atoms. The van der Waals surface area contributed by atoms with Crippen molar-refractivity contribution in [3.8, 4) is 22.3 Å². The molecule has 6 nitrogen and oxygen atoms in total. The van der Waals surface area contributed by atoms with E-state index in [0.29, 0.717) is 0 Å².